The zero-order valence-electron chi connectivity index (χ0n) is 9.27. The second kappa shape index (κ2) is 4.65. The maximum absolute atomic E-state index is 11.9. The van der Waals surface area contributed by atoms with Gasteiger partial charge in [-0.1, -0.05) is 11.6 Å². The predicted octanol–water partition coefficient (Wildman–Crippen LogP) is 1.45. The summed E-state index contributed by atoms with van der Waals surface area (Å²) in [6.07, 6.45) is 3.50. The number of amides is 1. The first-order valence-electron chi connectivity index (χ1n) is 5.28. The largest absolute Gasteiger partial charge is 0.375 e. The maximum Gasteiger partial charge on any atom is 0.228 e. The summed E-state index contributed by atoms with van der Waals surface area (Å²) in [6.45, 7) is 3.62. The first-order chi connectivity index (χ1) is 7.65. The van der Waals surface area contributed by atoms with Crippen LogP contribution in [0.15, 0.2) is 17.0 Å². The average Bonchev–Trinajstić information content (AvgIpc) is 2.64. The average molecular weight is 237 g/mol. The van der Waals surface area contributed by atoms with E-state index in [-0.39, 0.29) is 5.91 Å². The van der Waals surface area contributed by atoms with Gasteiger partial charge in [0.15, 0.2) is 5.13 Å². The first-order valence-corrected chi connectivity index (χ1v) is 6.16. The molecule has 0 bridgehead atoms. The van der Waals surface area contributed by atoms with Crippen LogP contribution in [0.3, 0.4) is 0 Å². The molecule has 1 aliphatic heterocycles. The van der Waals surface area contributed by atoms with Crippen LogP contribution in [0, 0.1) is 0 Å². The van der Waals surface area contributed by atoms with Gasteiger partial charge in [-0.05, 0) is 13.3 Å². The van der Waals surface area contributed by atoms with Crippen molar-refractivity contribution < 1.29 is 4.79 Å². The van der Waals surface area contributed by atoms with E-state index < -0.39 is 0 Å². The minimum absolute atomic E-state index is 0.137. The van der Waals surface area contributed by atoms with E-state index >= 15 is 0 Å². The van der Waals surface area contributed by atoms with Gasteiger partial charge >= 0.3 is 0 Å². The molecular weight excluding hydrogens is 222 g/mol. The van der Waals surface area contributed by atoms with E-state index in [1.807, 2.05) is 10.3 Å². The van der Waals surface area contributed by atoms with Gasteiger partial charge in [0.1, 0.15) is 0 Å². The zero-order chi connectivity index (χ0) is 11.5. The number of carbonyl (C=O) groups excluding carboxylic acids is 1. The lowest BCUT2D eigenvalue weighted by atomic mass is 10.1. The molecule has 0 aliphatic carbocycles. The van der Waals surface area contributed by atoms with Gasteiger partial charge in [-0.15, -0.1) is 11.3 Å². The Bertz CT molecular complexity index is 425. The number of carbonyl (C=O) groups is 1. The zero-order valence-corrected chi connectivity index (χ0v) is 10.1. The Labute approximate surface area is 98.8 Å². The molecule has 0 atom stereocenters. The number of thiazole rings is 1. The van der Waals surface area contributed by atoms with Crippen LogP contribution in [-0.4, -0.2) is 28.9 Å². The van der Waals surface area contributed by atoms with Gasteiger partial charge in [0, 0.05) is 18.5 Å². The van der Waals surface area contributed by atoms with E-state index in [0.29, 0.717) is 11.6 Å². The molecule has 4 nitrogen and oxygen atoms in total. The Hall–Kier alpha value is -1.36. The van der Waals surface area contributed by atoms with Crippen LogP contribution in [0.1, 0.15) is 19.0 Å². The molecule has 0 fully saturated rings. The number of aromatic nitrogens is 1. The molecule has 5 heteroatoms. The third-order valence-electron chi connectivity index (χ3n) is 2.59. The molecule has 16 heavy (non-hydrogen) atoms. The molecule has 0 saturated heterocycles. The van der Waals surface area contributed by atoms with Crippen LogP contribution in [0.4, 0.5) is 5.13 Å². The molecule has 2 rings (SSSR count). The van der Waals surface area contributed by atoms with E-state index in [1.165, 1.54) is 16.9 Å². The van der Waals surface area contributed by atoms with Crippen molar-refractivity contribution in [2.75, 3.05) is 18.8 Å². The number of hydrogen-bond acceptors (Lipinski definition) is 4. The Morgan fingerprint density at radius 2 is 2.50 bits per heavy atom. The number of nitrogens with zero attached hydrogens (tertiary/aromatic N) is 2. The van der Waals surface area contributed by atoms with Crippen molar-refractivity contribution >= 4 is 22.4 Å². The van der Waals surface area contributed by atoms with Gasteiger partial charge in [0.05, 0.1) is 12.1 Å². The van der Waals surface area contributed by atoms with Crippen molar-refractivity contribution in [2.24, 2.45) is 0 Å². The van der Waals surface area contributed by atoms with Gasteiger partial charge < -0.3 is 10.6 Å². The molecule has 1 aromatic rings. The highest BCUT2D eigenvalue weighted by Gasteiger charge is 2.17. The van der Waals surface area contributed by atoms with Gasteiger partial charge in [0.2, 0.25) is 5.91 Å². The van der Waals surface area contributed by atoms with E-state index in [1.54, 1.807) is 0 Å². The number of nitrogens with two attached hydrogens (primary N) is 1. The molecule has 0 spiro atoms. The highest BCUT2D eigenvalue weighted by Crippen LogP contribution is 2.14. The normalized spacial score (nSPS) is 16.1. The minimum Gasteiger partial charge on any atom is -0.375 e. The van der Waals surface area contributed by atoms with Crippen LogP contribution in [-0.2, 0) is 11.2 Å². The molecule has 2 heterocycles. The van der Waals surface area contributed by atoms with E-state index in [9.17, 15) is 4.79 Å². The number of nitrogen functional groups attached to an aromatic ring is 1. The summed E-state index contributed by atoms with van der Waals surface area (Å²) in [4.78, 5) is 17.9. The summed E-state index contributed by atoms with van der Waals surface area (Å²) in [6, 6.07) is 0. The smallest absolute Gasteiger partial charge is 0.228 e. The lowest BCUT2D eigenvalue weighted by Crippen LogP contribution is -2.36. The maximum atomic E-state index is 11.9. The van der Waals surface area contributed by atoms with E-state index in [2.05, 4.69) is 18.0 Å². The number of hydrogen-bond donors (Lipinski definition) is 1. The van der Waals surface area contributed by atoms with Crippen molar-refractivity contribution in [3.05, 3.63) is 22.7 Å². The first kappa shape index (κ1) is 11.1. The van der Waals surface area contributed by atoms with Crippen LogP contribution in [0.2, 0.25) is 0 Å². The van der Waals surface area contributed by atoms with Crippen LogP contribution >= 0.6 is 11.3 Å². The molecule has 0 saturated carbocycles. The Morgan fingerprint density at radius 1 is 1.69 bits per heavy atom. The van der Waals surface area contributed by atoms with Crippen molar-refractivity contribution in [3.8, 4) is 0 Å². The van der Waals surface area contributed by atoms with Gasteiger partial charge in [0.25, 0.3) is 0 Å². The molecule has 0 unspecified atom stereocenters. The fourth-order valence-electron chi connectivity index (χ4n) is 1.79. The summed E-state index contributed by atoms with van der Waals surface area (Å²) in [5, 5.41) is 2.37. The second-order valence-electron chi connectivity index (χ2n) is 4.01. The SMILES string of the molecule is CC1=CCCN(C(=O)Cc2csc(N)n2)C1. The molecular formula is C11H15N3OS. The number of anilines is 1. The molecule has 1 aliphatic rings. The molecule has 1 aromatic heterocycles. The summed E-state index contributed by atoms with van der Waals surface area (Å²) in [5.41, 5.74) is 7.57. The van der Waals surface area contributed by atoms with Crippen LogP contribution in [0.25, 0.3) is 0 Å². The quantitative estimate of drug-likeness (QED) is 0.792. The lowest BCUT2D eigenvalue weighted by molar-refractivity contribution is -0.130. The van der Waals surface area contributed by atoms with Crippen molar-refractivity contribution in [2.45, 2.75) is 19.8 Å². The fraction of sp³-hybridized carbons (Fsp3) is 0.455. The third-order valence-corrected chi connectivity index (χ3v) is 3.31. The summed E-state index contributed by atoms with van der Waals surface area (Å²) in [5.74, 6) is 0.137. The monoisotopic (exact) mass is 237 g/mol. The predicted molar refractivity (Wildman–Crippen MR) is 65.2 cm³/mol. The van der Waals surface area contributed by atoms with E-state index in [4.69, 9.17) is 5.73 Å². The van der Waals surface area contributed by atoms with Crippen molar-refractivity contribution in [1.82, 2.24) is 9.88 Å². The third kappa shape index (κ3) is 2.61. The summed E-state index contributed by atoms with van der Waals surface area (Å²) < 4.78 is 0. The summed E-state index contributed by atoms with van der Waals surface area (Å²) >= 11 is 1.38. The molecule has 0 aromatic carbocycles. The highest BCUT2D eigenvalue weighted by atomic mass is 32.1. The van der Waals surface area contributed by atoms with Gasteiger partial charge in [-0.25, -0.2) is 4.98 Å². The summed E-state index contributed by atoms with van der Waals surface area (Å²) in [7, 11) is 0. The molecule has 0 radical (unpaired) electrons. The Morgan fingerprint density at radius 3 is 3.12 bits per heavy atom. The Kier molecular flexibility index (Phi) is 3.24. The van der Waals surface area contributed by atoms with Crippen molar-refractivity contribution in [1.29, 1.82) is 0 Å². The Balaban J connectivity index is 1.96. The molecule has 2 N–H and O–H groups in total. The van der Waals surface area contributed by atoms with Crippen LogP contribution < -0.4 is 5.73 Å². The van der Waals surface area contributed by atoms with Crippen molar-refractivity contribution in [3.63, 3.8) is 0 Å². The topological polar surface area (TPSA) is 59.2 Å². The minimum atomic E-state index is 0.137. The van der Waals surface area contributed by atoms with Crippen LogP contribution in [0.5, 0.6) is 0 Å². The lowest BCUT2D eigenvalue weighted by Gasteiger charge is -2.25. The molecule has 86 valence electrons. The van der Waals surface area contributed by atoms with Gasteiger partial charge in [-0.2, -0.15) is 0 Å². The second-order valence-corrected chi connectivity index (χ2v) is 4.90. The standard InChI is InChI=1S/C11H15N3OS/c1-8-3-2-4-14(6-8)10(15)5-9-7-16-11(12)13-9/h3,7H,2,4-6H2,1H3,(H2,12,13). The van der Waals surface area contributed by atoms with Gasteiger partial charge in [-0.3, -0.25) is 4.79 Å². The molecule has 1 amide bonds. The fourth-order valence-corrected chi connectivity index (χ4v) is 2.36. The van der Waals surface area contributed by atoms with E-state index in [0.717, 1.165) is 25.2 Å². The highest BCUT2D eigenvalue weighted by molar-refractivity contribution is 7.13. The number of rotatable bonds is 2.